The number of carbonyl (C=O) groups excluding carboxylic acids is 2. The van der Waals surface area contributed by atoms with Gasteiger partial charge in [0, 0.05) is 18.7 Å². The summed E-state index contributed by atoms with van der Waals surface area (Å²) in [6, 6.07) is 19.1. The third-order valence-electron chi connectivity index (χ3n) is 4.61. The zero-order valence-corrected chi connectivity index (χ0v) is 18.2. The first-order valence-corrected chi connectivity index (χ1v) is 10.8. The van der Waals surface area contributed by atoms with E-state index in [-0.39, 0.29) is 6.61 Å². The predicted molar refractivity (Wildman–Crippen MR) is 114 cm³/mol. The van der Waals surface area contributed by atoms with E-state index >= 15 is 0 Å². The zero-order chi connectivity index (χ0) is 22.2. The van der Waals surface area contributed by atoms with Crippen LogP contribution in [0, 0.1) is 0 Å². The fourth-order valence-corrected chi connectivity index (χ4v) is 4.39. The topological polar surface area (TPSA) is 91.3 Å². The van der Waals surface area contributed by atoms with Crippen LogP contribution in [0.5, 0.6) is 0 Å². The van der Waals surface area contributed by atoms with Crippen molar-refractivity contribution in [2.75, 3.05) is 6.61 Å². The number of aliphatic hydroxyl groups is 1. The second kappa shape index (κ2) is 11.3. The van der Waals surface area contributed by atoms with Crippen molar-refractivity contribution in [2.45, 2.75) is 55.2 Å². The van der Waals surface area contributed by atoms with Gasteiger partial charge < -0.3 is 24.1 Å². The number of hydrogen-bond acceptors (Lipinski definition) is 8. The molecule has 8 heteroatoms. The van der Waals surface area contributed by atoms with Crippen molar-refractivity contribution in [1.29, 1.82) is 0 Å². The monoisotopic (exact) mass is 446 g/mol. The normalized spacial score (nSPS) is 25.6. The number of esters is 2. The average Bonchev–Trinajstić information content (AvgIpc) is 2.74. The van der Waals surface area contributed by atoms with E-state index in [1.807, 2.05) is 60.7 Å². The molecule has 3 rings (SSSR count). The lowest BCUT2D eigenvalue weighted by Gasteiger charge is -2.43. The lowest BCUT2D eigenvalue weighted by molar-refractivity contribution is -0.231. The third kappa shape index (κ3) is 6.80. The van der Waals surface area contributed by atoms with Crippen molar-refractivity contribution in [3.63, 3.8) is 0 Å². The molecule has 0 spiro atoms. The molecule has 0 aliphatic carbocycles. The molecule has 1 N–H and O–H groups in total. The Morgan fingerprint density at radius 1 is 0.935 bits per heavy atom. The molecule has 166 valence electrons. The van der Waals surface area contributed by atoms with Crippen LogP contribution in [0.3, 0.4) is 0 Å². The van der Waals surface area contributed by atoms with Gasteiger partial charge >= 0.3 is 11.9 Å². The molecule has 1 aliphatic rings. The summed E-state index contributed by atoms with van der Waals surface area (Å²) in [4.78, 5) is 24.3. The number of hydrogen-bond donors (Lipinski definition) is 1. The molecule has 0 unspecified atom stereocenters. The maximum atomic E-state index is 11.7. The van der Waals surface area contributed by atoms with Gasteiger partial charge in [-0.25, -0.2) is 0 Å². The fourth-order valence-electron chi connectivity index (χ4n) is 3.27. The van der Waals surface area contributed by atoms with Gasteiger partial charge in [0.25, 0.3) is 0 Å². The SMILES string of the molecule is CC(=O)O[C@@H]1[C@@H](OC(C)=O)[C@H](O)[C@@H](COCc2ccccc2)O[C@H]1Sc1ccccc1. The Balaban J connectivity index is 1.77. The van der Waals surface area contributed by atoms with E-state index in [1.165, 1.54) is 25.6 Å². The van der Waals surface area contributed by atoms with Gasteiger partial charge in [0.15, 0.2) is 12.2 Å². The van der Waals surface area contributed by atoms with Gasteiger partial charge in [-0.05, 0) is 17.7 Å². The Kier molecular flexibility index (Phi) is 8.48. The number of rotatable bonds is 8. The summed E-state index contributed by atoms with van der Waals surface area (Å²) >= 11 is 1.32. The van der Waals surface area contributed by atoms with E-state index in [9.17, 15) is 14.7 Å². The molecule has 2 aromatic carbocycles. The number of aliphatic hydroxyl groups excluding tert-OH is 1. The Bertz CT molecular complexity index is 846. The second-order valence-electron chi connectivity index (χ2n) is 7.11. The molecule has 5 atom stereocenters. The molecule has 1 fully saturated rings. The van der Waals surface area contributed by atoms with Gasteiger partial charge in [-0.15, -0.1) is 0 Å². The molecule has 1 heterocycles. The molecule has 0 radical (unpaired) electrons. The minimum absolute atomic E-state index is 0.0759. The lowest BCUT2D eigenvalue weighted by atomic mass is 9.99. The molecule has 1 saturated heterocycles. The molecule has 1 aliphatic heterocycles. The van der Waals surface area contributed by atoms with Gasteiger partial charge in [-0.1, -0.05) is 60.3 Å². The maximum Gasteiger partial charge on any atom is 0.303 e. The van der Waals surface area contributed by atoms with E-state index in [0.29, 0.717) is 6.61 Å². The van der Waals surface area contributed by atoms with Crippen LogP contribution in [-0.2, 0) is 35.1 Å². The van der Waals surface area contributed by atoms with Crippen molar-refractivity contribution < 1.29 is 33.6 Å². The molecule has 0 saturated carbocycles. The highest BCUT2D eigenvalue weighted by atomic mass is 32.2. The van der Waals surface area contributed by atoms with E-state index < -0.39 is 41.8 Å². The second-order valence-corrected chi connectivity index (χ2v) is 8.28. The highest BCUT2D eigenvalue weighted by Gasteiger charge is 2.49. The van der Waals surface area contributed by atoms with E-state index in [0.717, 1.165) is 10.5 Å². The minimum Gasteiger partial charge on any atom is -0.456 e. The summed E-state index contributed by atoms with van der Waals surface area (Å²) in [5.41, 5.74) is 0.279. The average molecular weight is 447 g/mol. The third-order valence-corrected chi connectivity index (χ3v) is 5.77. The van der Waals surface area contributed by atoms with Crippen LogP contribution in [0.25, 0.3) is 0 Å². The molecule has 0 aromatic heterocycles. The van der Waals surface area contributed by atoms with Gasteiger partial charge in [0.2, 0.25) is 0 Å². The highest BCUT2D eigenvalue weighted by molar-refractivity contribution is 7.99. The lowest BCUT2D eigenvalue weighted by Crippen LogP contribution is -2.60. The van der Waals surface area contributed by atoms with E-state index in [2.05, 4.69) is 0 Å². The van der Waals surface area contributed by atoms with Crippen LogP contribution in [0.2, 0.25) is 0 Å². The predicted octanol–water partition coefficient (Wildman–Crippen LogP) is 2.94. The van der Waals surface area contributed by atoms with Crippen LogP contribution >= 0.6 is 11.8 Å². The molecule has 2 aromatic rings. The number of ether oxygens (including phenoxy) is 4. The molecular formula is C23H26O7S. The van der Waals surface area contributed by atoms with Gasteiger partial charge in [0.05, 0.1) is 13.2 Å². The molecular weight excluding hydrogens is 420 g/mol. The van der Waals surface area contributed by atoms with E-state index in [1.54, 1.807) is 0 Å². The Morgan fingerprint density at radius 2 is 1.52 bits per heavy atom. The van der Waals surface area contributed by atoms with Crippen molar-refractivity contribution in [3.05, 3.63) is 66.2 Å². The summed E-state index contributed by atoms with van der Waals surface area (Å²) in [6.07, 6.45) is -4.06. The summed E-state index contributed by atoms with van der Waals surface area (Å²) < 4.78 is 22.6. The minimum atomic E-state index is -1.23. The highest BCUT2D eigenvalue weighted by Crippen LogP contribution is 2.36. The van der Waals surface area contributed by atoms with Crippen LogP contribution < -0.4 is 0 Å². The van der Waals surface area contributed by atoms with Gasteiger partial charge in [-0.2, -0.15) is 0 Å². The van der Waals surface area contributed by atoms with Gasteiger partial charge in [0.1, 0.15) is 17.6 Å². The summed E-state index contributed by atoms with van der Waals surface area (Å²) in [7, 11) is 0. The Hall–Kier alpha value is -2.39. The Morgan fingerprint density at radius 3 is 2.13 bits per heavy atom. The number of benzene rings is 2. The fraction of sp³-hybridized carbons (Fsp3) is 0.391. The maximum absolute atomic E-state index is 11.7. The first-order chi connectivity index (χ1) is 14.9. The molecule has 31 heavy (non-hydrogen) atoms. The first-order valence-electron chi connectivity index (χ1n) is 9.95. The first kappa shape index (κ1) is 23.3. The zero-order valence-electron chi connectivity index (χ0n) is 17.4. The molecule has 0 bridgehead atoms. The van der Waals surface area contributed by atoms with Crippen LogP contribution in [0.15, 0.2) is 65.6 Å². The van der Waals surface area contributed by atoms with E-state index in [4.69, 9.17) is 18.9 Å². The van der Waals surface area contributed by atoms with Crippen molar-refractivity contribution in [2.24, 2.45) is 0 Å². The number of thioether (sulfide) groups is 1. The van der Waals surface area contributed by atoms with Crippen molar-refractivity contribution in [1.82, 2.24) is 0 Å². The van der Waals surface area contributed by atoms with Crippen LogP contribution in [0.4, 0.5) is 0 Å². The summed E-state index contributed by atoms with van der Waals surface area (Å²) in [5, 5.41) is 10.9. The molecule has 7 nitrogen and oxygen atoms in total. The summed E-state index contributed by atoms with van der Waals surface area (Å²) in [5.74, 6) is -1.15. The molecule has 0 amide bonds. The van der Waals surface area contributed by atoms with Crippen LogP contribution in [-0.4, -0.2) is 53.5 Å². The standard InChI is InChI=1S/C23H26O7S/c1-15(24)28-21-20(26)19(14-27-13-17-9-5-3-6-10-17)30-23(22(21)29-16(2)25)31-18-11-7-4-8-12-18/h3-12,19-23,26H,13-14H2,1-2H3/t19-,20-,21+,22-,23+/m1/s1. The van der Waals surface area contributed by atoms with Crippen LogP contribution in [0.1, 0.15) is 19.4 Å². The summed E-state index contributed by atoms with van der Waals surface area (Å²) in [6.45, 7) is 2.92. The smallest absolute Gasteiger partial charge is 0.303 e. The van der Waals surface area contributed by atoms with Crippen molar-refractivity contribution in [3.8, 4) is 0 Å². The Labute approximate surface area is 185 Å². The number of carbonyl (C=O) groups is 2. The quantitative estimate of drug-likeness (QED) is 0.619. The van der Waals surface area contributed by atoms with Gasteiger partial charge in [-0.3, -0.25) is 9.59 Å². The largest absolute Gasteiger partial charge is 0.456 e. The van der Waals surface area contributed by atoms with Crippen molar-refractivity contribution >= 4 is 23.7 Å².